The van der Waals surface area contributed by atoms with Crippen LogP contribution >= 0.6 is 23.2 Å². The van der Waals surface area contributed by atoms with Crippen LogP contribution in [0.5, 0.6) is 0 Å². The second-order valence-electron chi connectivity index (χ2n) is 6.75. The molecule has 2 heterocycles. The molecular weight excluding hydrogens is 383 g/mol. The van der Waals surface area contributed by atoms with E-state index in [0.29, 0.717) is 15.9 Å². The van der Waals surface area contributed by atoms with Gasteiger partial charge in [-0.3, -0.25) is 4.79 Å². The van der Waals surface area contributed by atoms with Crippen molar-refractivity contribution in [2.75, 3.05) is 10.2 Å². The molecule has 0 aliphatic carbocycles. The topological polar surface area (TPSA) is 58.1 Å². The number of amides is 1. The first-order valence-electron chi connectivity index (χ1n) is 8.73. The molecule has 2 aromatic carbocycles. The zero-order chi connectivity index (χ0) is 19.1. The summed E-state index contributed by atoms with van der Waals surface area (Å²) < 4.78 is 0. The fourth-order valence-corrected chi connectivity index (χ4v) is 3.97. The third kappa shape index (κ3) is 3.22. The molecule has 0 radical (unpaired) electrons. The number of nitrogens with zero attached hydrogens (tertiary/aromatic N) is 3. The van der Waals surface area contributed by atoms with Gasteiger partial charge < -0.3 is 10.2 Å². The molecule has 0 bridgehead atoms. The van der Waals surface area contributed by atoms with Gasteiger partial charge >= 0.3 is 0 Å². The maximum absolute atomic E-state index is 13.2. The van der Waals surface area contributed by atoms with Crippen LogP contribution in [0.15, 0.2) is 42.7 Å². The summed E-state index contributed by atoms with van der Waals surface area (Å²) in [5.74, 6) is 0.583. The molecule has 0 unspecified atom stereocenters. The lowest BCUT2D eigenvalue weighted by atomic mass is 10.1. The summed E-state index contributed by atoms with van der Waals surface area (Å²) in [6.45, 7) is 3.87. The number of hydrogen-bond donors (Lipinski definition) is 1. The summed E-state index contributed by atoms with van der Waals surface area (Å²) in [6, 6.07) is 10.7. The maximum Gasteiger partial charge on any atom is 0.249 e. The van der Waals surface area contributed by atoms with Crippen LogP contribution in [0.4, 0.5) is 11.5 Å². The molecule has 0 spiro atoms. The molecule has 1 N–H and O–H groups in total. The van der Waals surface area contributed by atoms with Crippen molar-refractivity contribution in [2.24, 2.45) is 0 Å². The molecule has 138 valence electrons. The Morgan fingerprint density at radius 1 is 1.26 bits per heavy atom. The molecule has 1 aliphatic heterocycles. The summed E-state index contributed by atoms with van der Waals surface area (Å²) in [4.78, 5) is 23.5. The van der Waals surface area contributed by atoms with Gasteiger partial charge in [-0.25, -0.2) is 9.97 Å². The van der Waals surface area contributed by atoms with Crippen molar-refractivity contribution < 1.29 is 4.79 Å². The second-order valence-corrected chi connectivity index (χ2v) is 7.59. The first kappa shape index (κ1) is 18.0. The van der Waals surface area contributed by atoms with Crippen LogP contribution in [0.2, 0.25) is 10.0 Å². The van der Waals surface area contributed by atoms with Gasteiger partial charge in [0.15, 0.2) is 0 Å². The number of anilines is 2. The van der Waals surface area contributed by atoms with Gasteiger partial charge in [0.1, 0.15) is 18.2 Å². The number of carbonyl (C=O) groups excluding carboxylic acids is 1. The fraction of sp³-hybridized carbons (Fsp3) is 0.250. The zero-order valence-corrected chi connectivity index (χ0v) is 16.4. The number of fused-ring (bicyclic) bond motifs is 2. The molecule has 1 aromatic heterocycles. The summed E-state index contributed by atoms with van der Waals surface area (Å²) in [6.07, 6.45) is 2.22. The Labute approximate surface area is 167 Å². The average molecular weight is 401 g/mol. The van der Waals surface area contributed by atoms with E-state index in [1.54, 1.807) is 12.1 Å². The van der Waals surface area contributed by atoms with Crippen molar-refractivity contribution in [3.63, 3.8) is 0 Å². The molecule has 27 heavy (non-hydrogen) atoms. The van der Waals surface area contributed by atoms with Gasteiger partial charge in [0.25, 0.3) is 0 Å². The van der Waals surface area contributed by atoms with Crippen molar-refractivity contribution in [2.45, 2.75) is 32.4 Å². The SMILES string of the molecule is C[C@@H]1Cc2c(Cl)cccc2N1C(=O)[C@@H](C)Nc1ncnc2cc(Cl)ccc12. The minimum absolute atomic E-state index is 0.0238. The zero-order valence-electron chi connectivity index (χ0n) is 14.9. The van der Waals surface area contributed by atoms with Gasteiger partial charge in [-0.2, -0.15) is 0 Å². The van der Waals surface area contributed by atoms with E-state index in [0.717, 1.165) is 28.6 Å². The largest absolute Gasteiger partial charge is 0.358 e. The van der Waals surface area contributed by atoms with Crippen molar-refractivity contribution in [3.8, 4) is 0 Å². The smallest absolute Gasteiger partial charge is 0.249 e. The molecular formula is C20H18Cl2N4O. The molecule has 5 nitrogen and oxygen atoms in total. The highest BCUT2D eigenvalue weighted by atomic mass is 35.5. The minimum Gasteiger partial charge on any atom is -0.358 e. The van der Waals surface area contributed by atoms with E-state index in [9.17, 15) is 4.79 Å². The summed E-state index contributed by atoms with van der Waals surface area (Å²) >= 11 is 12.3. The highest BCUT2D eigenvalue weighted by Gasteiger charge is 2.34. The molecule has 7 heteroatoms. The van der Waals surface area contributed by atoms with Gasteiger partial charge in [-0.15, -0.1) is 0 Å². The summed E-state index contributed by atoms with van der Waals surface area (Å²) in [5, 5.41) is 5.36. The Kier molecular flexibility index (Phi) is 4.66. The first-order valence-corrected chi connectivity index (χ1v) is 9.48. The van der Waals surface area contributed by atoms with E-state index in [1.807, 2.05) is 43.0 Å². The van der Waals surface area contributed by atoms with Crippen LogP contribution in [0.3, 0.4) is 0 Å². The molecule has 0 saturated heterocycles. The third-order valence-corrected chi connectivity index (χ3v) is 5.44. The standard InChI is InChI=1S/C20H18Cl2N4O/c1-11-8-15-16(22)4-3-5-18(15)26(11)20(27)12(2)25-19-14-7-6-13(21)9-17(14)23-10-24-19/h3-7,9-12H,8H2,1-2H3,(H,23,24,25)/t11-,12-/m1/s1. The van der Waals surface area contributed by atoms with Crippen LogP contribution in [0, 0.1) is 0 Å². The molecule has 0 saturated carbocycles. The number of aromatic nitrogens is 2. The van der Waals surface area contributed by atoms with E-state index in [1.165, 1.54) is 6.33 Å². The lowest BCUT2D eigenvalue weighted by Gasteiger charge is -2.27. The normalized spacial score (nSPS) is 17.0. The van der Waals surface area contributed by atoms with Crippen LogP contribution in [-0.2, 0) is 11.2 Å². The van der Waals surface area contributed by atoms with Crippen LogP contribution in [-0.4, -0.2) is 28.0 Å². The number of benzene rings is 2. The number of carbonyl (C=O) groups is 1. The lowest BCUT2D eigenvalue weighted by molar-refractivity contribution is -0.119. The number of nitrogens with one attached hydrogen (secondary N) is 1. The number of halogens is 2. The molecule has 4 rings (SSSR count). The summed E-state index contributed by atoms with van der Waals surface area (Å²) in [5.41, 5.74) is 2.63. The lowest BCUT2D eigenvalue weighted by Crippen LogP contribution is -2.44. The van der Waals surface area contributed by atoms with Gasteiger partial charge in [-0.1, -0.05) is 29.3 Å². The minimum atomic E-state index is -0.467. The Bertz CT molecular complexity index is 1040. The van der Waals surface area contributed by atoms with Crippen LogP contribution in [0.25, 0.3) is 10.9 Å². The number of rotatable bonds is 3. The van der Waals surface area contributed by atoms with E-state index < -0.39 is 6.04 Å². The molecule has 2 atom stereocenters. The van der Waals surface area contributed by atoms with Gasteiger partial charge in [0.05, 0.1) is 5.52 Å². The van der Waals surface area contributed by atoms with Crippen molar-refractivity contribution in [1.82, 2.24) is 9.97 Å². The van der Waals surface area contributed by atoms with Crippen molar-refractivity contribution in [3.05, 3.63) is 58.3 Å². The average Bonchev–Trinajstić information content (AvgIpc) is 2.98. The van der Waals surface area contributed by atoms with Crippen LogP contribution in [0.1, 0.15) is 19.4 Å². The third-order valence-electron chi connectivity index (χ3n) is 4.85. The van der Waals surface area contributed by atoms with Crippen molar-refractivity contribution in [1.29, 1.82) is 0 Å². The molecule has 1 aliphatic rings. The highest BCUT2D eigenvalue weighted by molar-refractivity contribution is 6.32. The Balaban J connectivity index is 1.62. The number of hydrogen-bond acceptors (Lipinski definition) is 4. The van der Waals surface area contributed by atoms with Gasteiger partial charge in [-0.05, 0) is 56.2 Å². The quantitative estimate of drug-likeness (QED) is 0.690. The van der Waals surface area contributed by atoms with Gasteiger partial charge in [0, 0.05) is 27.2 Å². The first-order chi connectivity index (χ1) is 13.0. The van der Waals surface area contributed by atoms with Crippen molar-refractivity contribution >= 4 is 51.5 Å². The predicted molar refractivity (Wildman–Crippen MR) is 110 cm³/mol. The van der Waals surface area contributed by atoms with E-state index in [2.05, 4.69) is 15.3 Å². The van der Waals surface area contributed by atoms with E-state index in [-0.39, 0.29) is 11.9 Å². The van der Waals surface area contributed by atoms with Crippen LogP contribution < -0.4 is 10.2 Å². The van der Waals surface area contributed by atoms with Gasteiger partial charge in [0.2, 0.25) is 5.91 Å². The Morgan fingerprint density at radius 2 is 2.07 bits per heavy atom. The second kappa shape index (κ2) is 6.98. The summed E-state index contributed by atoms with van der Waals surface area (Å²) in [7, 11) is 0. The Morgan fingerprint density at radius 3 is 2.89 bits per heavy atom. The van der Waals surface area contributed by atoms with E-state index in [4.69, 9.17) is 23.2 Å². The Hall–Kier alpha value is -2.37. The van der Waals surface area contributed by atoms with E-state index >= 15 is 0 Å². The molecule has 1 amide bonds. The highest BCUT2D eigenvalue weighted by Crippen LogP contribution is 2.37. The predicted octanol–water partition coefficient (Wildman–Crippen LogP) is 4.71. The fourth-order valence-electron chi connectivity index (χ4n) is 3.56. The molecule has 0 fully saturated rings. The molecule has 3 aromatic rings. The monoisotopic (exact) mass is 400 g/mol. The maximum atomic E-state index is 13.2.